The molecule has 4 aromatic heterocycles. The molecule has 0 aliphatic heterocycles. The van der Waals surface area contributed by atoms with Crippen molar-refractivity contribution in [3.63, 3.8) is 0 Å². The highest BCUT2D eigenvalue weighted by atomic mass is 32.1. The number of rotatable bonds is 2. The Balaban J connectivity index is 1.82. The van der Waals surface area contributed by atoms with Crippen molar-refractivity contribution >= 4 is 38.5 Å². The fourth-order valence-electron chi connectivity index (χ4n) is 3.00. The number of nitrogen functional groups attached to an aromatic ring is 1. The monoisotopic (exact) mass is 359 g/mol. The minimum Gasteiger partial charge on any atom is -0.368 e. The third-order valence-corrected chi connectivity index (χ3v) is 5.15. The van der Waals surface area contributed by atoms with Crippen LogP contribution in [0.25, 0.3) is 37.6 Å². The lowest BCUT2D eigenvalue weighted by Crippen LogP contribution is -2.02. The first kappa shape index (κ1) is 14.9. The zero-order valence-electron chi connectivity index (χ0n) is 13.8. The highest BCUT2D eigenvalue weighted by molar-refractivity contribution is 7.20. The second-order valence-electron chi connectivity index (χ2n) is 5.83. The number of aryl methyl sites for hydroxylation is 1. The van der Waals surface area contributed by atoms with Crippen LogP contribution in [-0.2, 0) is 0 Å². The second kappa shape index (κ2) is 5.57. The number of nitrogens with zero attached hydrogens (tertiary/aromatic N) is 6. The largest absolute Gasteiger partial charge is 0.368 e. The minimum absolute atomic E-state index is 0.201. The summed E-state index contributed by atoms with van der Waals surface area (Å²) < 4.78 is 2.85. The molecule has 0 fully saturated rings. The second-order valence-corrected chi connectivity index (χ2v) is 6.84. The Labute approximate surface area is 152 Å². The number of aromatic nitrogens is 6. The lowest BCUT2D eigenvalue weighted by molar-refractivity contribution is 0.870. The molecule has 4 heterocycles. The van der Waals surface area contributed by atoms with Gasteiger partial charge in [-0.05, 0) is 31.2 Å². The van der Waals surface area contributed by atoms with Crippen LogP contribution >= 0.6 is 11.3 Å². The van der Waals surface area contributed by atoms with E-state index in [2.05, 4.69) is 25.0 Å². The van der Waals surface area contributed by atoms with Crippen molar-refractivity contribution in [1.82, 2.24) is 29.7 Å². The van der Waals surface area contributed by atoms with Crippen molar-refractivity contribution in [2.24, 2.45) is 0 Å². The van der Waals surface area contributed by atoms with Gasteiger partial charge in [0.2, 0.25) is 11.1 Å². The van der Waals surface area contributed by atoms with Crippen molar-refractivity contribution in [2.45, 2.75) is 6.92 Å². The Hall–Kier alpha value is -3.39. The molecule has 0 radical (unpaired) electrons. The summed E-state index contributed by atoms with van der Waals surface area (Å²) in [5.74, 6) is 0.201. The number of anilines is 1. The van der Waals surface area contributed by atoms with Crippen molar-refractivity contribution in [3.05, 3.63) is 54.5 Å². The normalized spacial score (nSPS) is 11.4. The fraction of sp³-hybridized carbons (Fsp3) is 0.0556. The Morgan fingerprint density at radius 3 is 2.62 bits per heavy atom. The Bertz CT molecular complexity index is 1220. The molecule has 0 aliphatic carbocycles. The SMILES string of the molecule is Cc1nn(-c2nc3ccccc3s2)c2nc(N)nc(-c3ccncc3)c12. The molecule has 0 spiro atoms. The lowest BCUT2D eigenvalue weighted by atomic mass is 10.1. The van der Waals surface area contributed by atoms with E-state index in [1.54, 1.807) is 28.4 Å². The number of para-hydroxylation sites is 1. The quantitative estimate of drug-likeness (QED) is 0.519. The molecule has 0 unspecified atom stereocenters. The smallest absolute Gasteiger partial charge is 0.222 e. The van der Waals surface area contributed by atoms with Gasteiger partial charge in [0.05, 0.1) is 27.0 Å². The molecule has 126 valence electrons. The van der Waals surface area contributed by atoms with Crippen LogP contribution in [0.3, 0.4) is 0 Å². The van der Waals surface area contributed by atoms with Crippen molar-refractivity contribution in [2.75, 3.05) is 5.73 Å². The molecule has 2 N–H and O–H groups in total. The number of benzene rings is 1. The van der Waals surface area contributed by atoms with E-state index >= 15 is 0 Å². The highest BCUT2D eigenvalue weighted by Gasteiger charge is 2.19. The molecule has 0 saturated heterocycles. The fourth-order valence-corrected chi connectivity index (χ4v) is 3.92. The molecule has 1 aromatic carbocycles. The predicted molar refractivity (Wildman–Crippen MR) is 102 cm³/mol. The van der Waals surface area contributed by atoms with Crippen LogP contribution in [-0.4, -0.2) is 29.7 Å². The summed E-state index contributed by atoms with van der Waals surface area (Å²) >= 11 is 1.56. The maximum atomic E-state index is 6.00. The van der Waals surface area contributed by atoms with Gasteiger partial charge in [0.1, 0.15) is 0 Å². The summed E-state index contributed by atoms with van der Waals surface area (Å²) in [7, 11) is 0. The molecule has 0 saturated carbocycles. The molecule has 7 nitrogen and oxygen atoms in total. The molecule has 5 rings (SSSR count). The molecular formula is C18H13N7S. The Morgan fingerprint density at radius 2 is 1.81 bits per heavy atom. The standard InChI is InChI=1S/C18H13N7S/c1-10-14-15(11-6-8-20-9-7-11)22-17(19)23-16(14)25(24-10)18-21-12-4-2-3-5-13(12)26-18/h2-9H,1H3,(H2,19,22,23). The van der Waals surface area contributed by atoms with Crippen LogP contribution in [0.5, 0.6) is 0 Å². The summed E-state index contributed by atoms with van der Waals surface area (Å²) in [6.07, 6.45) is 3.46. The maximum Gasteiger partial charge on any atom is 0.222 e. The third kappa shape index (κ3) is 2.23. The van der Waals surface area contributed by atoms with Gasteiger partial charge < -0.3 is 5.73 Å². The van der Waals surface area contributed by atoms with Gasteiger partial charge in [-0.15, -0.1) is 0 Å². The summed E-state index contributed by atoms with van der Waals surface area (Å²) in [4.78, 5) is 17.7. The average Bonchev–Trinajstić information content (AvgIpc) is 3.23. The van der Waals surface area contributed by atoms with Gasteiger partial charge in [-0.1, -0.05) is 23.5 Å². The number of nitrogens with two attached hydrogens (primary N) is 1. The Kier molecular flexibility index (Phi) is 3.19. The molecule has 26 heavy (non-hydrogen) atoms. The van der Waals surface area contributed by atoms with Crippen LogP contribution in [0.2, 0.25) is 0 Å². The summed E-state index contributed by atoms with van der Waals surface area (Å²) in [5, 5.41) is 6.29. The molecule has 8 heteroatoms. The van der Waals surface area contributed by atoms with Gasteiger partial charge in [0, 0.05) is 18.0 Å². The van der Waals surface area contributed by atoms with Gasteiger partial charge in [-0.2, -0.15) is 14.8 Å². The van der Waals surface area contributed by atoms with Gasteiger partial charge in [0.15, 0.2) is 5.65 Å². The van der Waals surface area contributed by atoms with Crippen LogP contribution in [0, 0.1) is 6.92 Å². The molecule has 0 amide bonds. The van der Waals surface area contributed by atoms with Crippen LogP contribution < -0.4 is 5.73 Å². The number of pyridine rings is 1. The molecule has 5 aromatic rings. The first-order chi connectivity index (χ1) is 12.7. The zero-order valence-corrected chi connectivity index (χ0v) is 14.6. The van der Waals surface area contributed by atoms with Crippen molar-refractivity contribution < 1.29 is 0 Å². The maximum absolute atomic E-state index is 6.00. The molecule has 0 bridgehead atoms. The topological polar surface area (TPSA) is 95.4 Å². The summed E-state index contributed by atoms with van der Waals surface area (Å²) in [5.41, 5.74) is 10.1. The van der Waals surface area contributed by atoms with Gasteiger partial charge >= 0.3 is 0 Å². The van der Waals surface area contributed by atoms with E-state index in [1.165, 1.54) is 0 Å². The molecule has 0 atom stereocenters. The predicted octanol–water partition coefficient (Wildman–Crippen LogP) is 3.38. The van der Waals surface area contributed by atoms with E-state index in [0.29, 0.717) is 5.65 Å². The summed E-state index contributed by atoms with van der Waals surface area (Å²) in [6.45, 7) is 1.94. The van der Waals surface area contributed by atoms with E-state index in [0.717, 1.165) is 37.7 Å². The van der Waals surface area contributed by atoms with E-state index in [4.69, 9.17) is 5.73 Å². The molecule has 0 aliphatic rings. The zero-order chi connectivity index (χ0) is 17.7. The van der Waals surface area contributed by atoms with Crippen molar-refractivity contribution in [1.29, 1.82) is 0 Å². The van der Waals surface area contributed by atoms with E-state index < -0.39 is 0 Å². The highest BCUT2D eigenvalue weighted by Crippen LogP contribution is 2.32. The van der Waals surface area contributed by atoms with Crippen LogP contribution in [0.4, 0.5) is 5.95 Å². The van der Waals surface area contributed by atoms with Gasteiger partial charge in [-0.3, -0.25) is 4.98 Å². The van der Waals surface area contributed by atoms with Crippen LogP contribution in [0.1, 0.15) is 5.69 Å². The van der Waals surface area contributed by atoms with Crippen LogP contribution in [0.15, 0.2) is 48.8 Å². The average molecular weight is 359 g/mol. The third-order valence-electron chi connectivity index (χ3n) is 4.14. The minimum atomic E-state index is 0.201. The van der Waals surface area contributed by atoms with Gasteiger partial charge in [-0.25, -0.2) is 9.97 Å². The number of hydrogen-bond acceptors (Lipinski definition) is 7. The number of thiazole rings is 1. The van der Waals surface area contributed by atoms with E-state index in [9.17, 15) is 0 Å². The Morgan fingerprint density at radius 1 is 1.00 bits per heavy atom. The first-order valence-corrected chi connectivity index (χ1v) is 8.81. The number of fused-ring (bicyclic) bond motifs is 2. The van der Waals surface area contributed by atoms with Gasteiger partial charge in [0.25, 0.3) is 0 Å². The lowest BCUT2D eigenvalue weighted by Gasteiger charge is -2.04. The first-order valence-electron chi connectivity index (χ1n) is 8.00. The van der Waals surface area contributed by atoms with Crippen molar-refractivity contribution in [3.8, 4) is 16.4 Å². The van der Waals surface area contributed by atoms with E-state index in [-0.39, 0.29) is 5.95 Å². The van der Waals surface area contributed by atoms with E-state index in [1.807, 2.05) is 43.3 Å². The number of hydrogen-bond donors (Lipinski definition) is 1. The summed E-state index contributed by atoms with van der Waals surface area (Å²) in [6, 6.07) is 11.8. The molecular weight excluding hydrogens is 346 g/mol.